The van der Waals surface area contributed by atoms with Crippen LogP contribution in [0.3, 0.4) is 0 Å². The molecule has 0 bridgehead atoms. The quantitative estimate of drug-likeness (QED) is 0.528. The van der Waals surface area contributed by atoms with Gasteiger partial charge in [-0.1, -0.05) is 55.5 Å². The molecule has 3 rings (SSSR count). The van der Waals surface area contributed by atoms with E-state index in [1.165, 1.54) is 6.21 Å². The van der Waals surface area contributed by atoms with Crippen molar-refractivity contribution in [2.45, 2.75) is 13.3 Å². The van der Waals surface area contributed by atoms with Crippen molar-refractivity contribution in [1.29, 1.82) is 0 Å². The Kier molecular flexibility index (Phi) is 5.49. The summed E-state index contributed by atoms with van der Waals surface area (Å²) in [5.74, 6) is 0.433. The molecule has 0 aromatic heterocycles. The fraction of sp³-hybridized carbons (Fsp3) is 0.143. The van der Waals surface area contributed by atoms with Crippen LogP contribution in [-0.2, 0) is 11.2 Å². The molecule has 5 heteroatoms. The van der Waals surface area contributed by atoms with Crippen molar-refractivity contribution >= 4 is 22.9 Å². The normalized spacial score (nSPS) is 11.0. The Hall–Kier alpha value is -3.34. The Morgan fingerprint density at radius 3 is 2.73 bits per heavy atom. The second kappa shape index (κ2) is 8.16. The number of phenols is 1. The molecule has 0 unspecified atom stereocenters. The maximum Gasteiger partial charge on any atom is 0.277 e. The number of ether oxygens (including phenoxy) is 1. The van der Waals surface area contributed by atoms with Gasteiger partial charge in [-0.25, -0.2) is 5.43 Å². The lowest BCUT2D eigenvalue weighted by Gasteiger charge is -2.09. The zero-order valence-electron chi connectivity index (χ0n) is 14.5. The Balaban J connectivity index is 1.64. The predicted molar refractivity (Wildman–Crippen MR) is 103 cm³/mol. The number of hydrazone groups is 1. The van der Waals surface area contributed by atoms with Crippen LogP contribution >= 0.6 is 0 Å². The van der Waals surface area contributed by atoms with Crippen molar-refractivity contribution in [3.63, 3.8) is 0 Å². The second-order valence-corrected chi connectivity index (χ2v) is 5.76. The summed E-state index contributed by atoms with van der Waals surface area (Å²) in [6, 6.07) is 18.7. The summed E-state index contributed by atoms with van der Waals surface area (Å²) in [6.45, 7) is 1.90. The van der Waals surface area contributed by atoms with Gasteiger partial charge in [0.05, 0.1) is 6.21 Å². The summed E-state index contributed by atoms with van der Waals surface area (Å²) in [4.78, 5) is 11.9. The zero-order chi connectivity index (χ0) is 18.4. The van der Waals surface area contributed by atoms with Gasteiger partial charge in [0.25, 0.3) is 5.91 Å². The number of nitrogens with zero attached hydrogens (tertiary/aromatic N) is 1. The van der Waals surface area contributed by atoms with Gasteiger partial charge in [-0.15, -0.1) is 0 Å². The van der Waals surface area contributed by atoms with E-state index in [1.54, 1.807) is 6.07 Å². The lowest BCUT2D eigenvalue weighted by molar-refractivity contribution is -0.123. The molecule has 1 amide bonds. The van der Waals surface area contributed by atoms with Gasteiger partial charge < -0.3 is 9.84 Å². The Bertz CT molecular complexity index is 951. The Morgan fingerprint density at radius 1 is 1.12 bits per heavy atom. The first-order chi connectivity index (χ1) is 12.7. The molecule has 2 N–H and O–H groups in total. The molecule has 3 aromatic rings. The van der Waals surface area contributed by atoms with Gasteiger partial charge in [-0.05, 0) is 34.9 Å². The molecule has 0 saturated carbocycles. The number of phenolic OH excluding ortho intramolecular Hbond substituents is 1. The highest BCUT2D eigenvalue weighted by Crippen LogP contribution is 2.25. The van der Waals surface area contributed by atoms with E-state index < -0.39 is 0 Å². The van der Waals surface area contributed by atoms with Crippen LogP contribution in [0.4, 0.5) is 0 Å². The average Bonchev–Trinajstić information content (AvgIpc) is 2.68. The first-order valence-electron chi connectivity index (χ1n) is 8.42. The fourth-order valence-corrected chi connectivity index (χ4v) is 2.70. The molecule has 0 aliphatic carbocycles. The number of nitrogens with one attached hydrogen (secondary N) is 1. The van der Waals surface area contributed by atoms with E-state index in [0.29, 0.717) is 11.3 Å². The number of carbonyl (C=O) groups excluding carboxylic acids is 1. The molecule has 132 valence electrons. The molecular formula is C21H20N2O3. The van der Waals surface area contributed by atoms with Gasteiger partial charge in [-0.2, -0.15) is 5.10 Å². The van der Waals surface area contributed by atoms with E-state index in [4.69, 9.17) is 4.74 Å². The van der Waals surface area contributed by atoms with E-state index in [9.17, 15) is 9.90 Å². The largest absolute Gasteiger partial charge is 0.507 e. The van der Waals surface area contributed by atoms with Gasteiger partial charge in [0.15, 0.2) is 6.61 Å². The predicted octanol–water partition coefficient (Wildman–Crippen LogP) is 3.64. The molecule has 0 heterocycles. The number of hydrogen-bond acceptors (Lipinski definition) is 4. The number of benzene rings is 3. The van der Waals surface area contributed by atoms with Crippen LogP contribution in [-0.4, -0.2) is 23.8 Å². The van der Waals surface area contributed by atoms with Crippen molar-refractivity contribution in [2.24, 2.45) is 5.10 Å². The summed E-state index contributed by atoms with van der Waals surface area (Å²) in [6.07, 6.45) is 2.27. The molecule has 0 atom stereocenters. The van der Waals surface area contributed by atoms with Crippen molar-refractivity contribution in [1.82, 2.24) is 5.43 Å². The van der Waals surface area contributed by atoms with Crippen LogP contribution in [0.5, 0.6) is 11.5 Å². The molecule has 0 aliphatic rings. The topological polar surface area (TPSA) is 70.9 Å². The third-order valence-electron chi connectivity index (χ3n) is 4.04. The van der Waals surface area contributed by atoms with Gasteiger partial charge in [0.2, 0.25) is 0 Å². The minimum Gasteiger partial charge on any atom is -0.507 e. The van der Waals surface area contributed by atoms with Crippen LogP contribution in [0.1, 0.15) is 18.1 Å². The molecule has 0 aliphatic heterocycles. The van der Waals surface area contributed by atoms with Crippen molar-refractivity contribution < 1.29 is 14.6 Å². The highest BCUT2D eigenvalue weighted by molar-refractivity contribution is 6.02. The minimum absolute atomic E-state index is 0.106. The average molecular weight is 348 g/mol. The highest BCUT2D eigenvalue weighted by Gasteiger charge is 2.06. The number of hydrogen-bond donors (Lipinski definition) is 2. The SMILES string of the molecule is CCc1ccccc1OCC(=O)NN=Cc1c(O)ccc2ccccc12. The van der Waals surface area contributed by atoms with E-state index in [2.05, 4.69) is 10.5 Å². The number of carbonyl (C=O) groups is 1. The molecule has 3 aromatic carbocycles. The molecule has 0 spiro atoms. The van der Waals surface area contributed by atoms with Gasteiger partial charge in [0.1, 0.15) is 11.5 Å². The molecular weight excluding hydrogens is 328 g/mol. The van der Waals surface area contributed by atoms with E-state index in [1.807, 2.05) is 61.5 Å². The number of amides is 1. The van der Waals surface area contributed by atoms with E-state index >= 15 is 0 Å². The van der Waals surface area contributed by atoms with Crippen molar-refractivity contribution in [3.8, 4) is 11.5 Å². The maximum absolute atomic E-state index is 11.9. The Morgan fingerprint density at radius 2 is 1.88 bits per heavy atom. The van der Waals surface area contributed by atoms with Crippen molar-refractivity contribution in [2.75, 3.05) is 6.61 Å². The van der Waals surface area contributed by atoms with Crippen molar-refractivity contribution in [3.05, 3.63) is 71.8 Å². The first-order valence-corrected chi connectivity index (χ1v) is 8.42. The lowest BCUT2D eigenvalue weighted by atomic mass is 10.0. The summed E-state index contributed by atoms with van der Waals surface area (Å²) in [5.41, 5.74) is 4.03. The summed E-state index contributed by atoms with van der Waals surface area (Å²) in [7, 11) is 0. The maximum atomic E-state index is 11.9. The monoisotopic (exact) mass is 348 g/mol. The standard InChI is InChI=1S/C21H20N2O3/c1-2-15-7-4-6-10-20(15)26-14-21(25)23-22-13-18-17-9-5-3-8-16(17)11-12-19(18)24/h3-13,24H,2,14H2,1H3,(H,23,25). The van der Waals surface area contributed by atoms with E-state index in [-0.39, 0.29) is 18.3 Å². The van der Waals surface area contributed by atoms with Gasteiger partial charge >= 0.3 is 0 Å². The number of rotatable bonds is 6. The third kappa shape index (κ3) is 4.00. The molecule has 0 radical (unpaired) electrons. The second-order valence-electron chi connectivity index (χ2n) is 5.76. The number of aryl methyl sites for hydroxylation is 1. The fourth-order valence-electron chi connectivity index (χ4n) is 2.70. The number of fused-ring (bicyclic) bond motifs is 1. The molecule has 26 heavy (non-hydrogen) atoms. The van der Waals surface area contributed by atoms with Gasteiger partial charge in [0, 0.05) is 5.56 Å². The Labute approximate surface area is 151 Å². The molecule has 0 saturated heterocycles. The number of aromatic hydroxyl groups is 1. The minimum atomic E-state index is -0.369. The highest BCUT2D eigenvalue weighted by atomic mass is 16.5. The van der Waals surface area contributed by atoms with Crippen LogP contribution in [0.15, 0.2) is 65.8 Å². The molecule has 5 nitrogen and oxygen atoms in total. The van der Waals surface area contributed by atoms with Crippen LogP contribution in [0.25, 0.3) is 10.8 Å². The smallest absolute Gasteiger partial charge is 0.277 e. The summed E-state index contributed by atoms with van der Waals surface area (Å²) in [5, 5.41) is 15.8. The number of para-hydroxylation sites is 1. The van der Waals surface area contributed by atoms with Gasteiger partial charge in [-0.3, -0.25) is 4.79 Å². The van der Waals surface area contributed by atoms with E-state index in [0.717, 1.165) is 22.8 Å². The summed E-state index contributed by atoms with van der Waals surface area (Å²) < 4.78 is 5.55. The summed E-state index contributed by atoms with van der Waals surface area (Å²) >= 11 is 0. The first kappa shape index (κ1) is 17.5. The van der Waals surface area contributed by atoms with Crippen LogP contribution in [0, 0.1) is 0 Å². The zero-order valence-corrected chi connectivity index (χ0v) is 14.5. The lowest BCUT2D eigenvalue weighted by Crippen LogP contribution is -2.24. The van der Waals surface area contributed by atoms with Crippen LogP contribution in [0.2, 0.25) is 0 Å². The third-order valence-corrected chi connectivity index (χ3v) is 4.04. The molecule has 0 fully saturated rings. The van der Waals surface area contributed by atoms with Crippen LogP contribution < -0.4 is 10.2 Å².